The minimum Gasteiger partial charge on any atom is -0.494 e. The van der Waals surface area contributed by atoms with Crippen LogP contribution in [0.1, 0.15) is 21.5 Å². The number of hydrogen-bond acceptors (Lipinski definition) is 5. The molecule has 1 amide bonds. The van der Waals surface area contributed by atoms with E-state index >= 15 is 0 Å². The number of rotatable bonds is 4. The van der Waals surface area contributed by atoms with Crippen LogP contribution in [-0.2, 0) is 0 Å². The summed E-state index contributed by atoms with van der Waals surface area (Å²) in [4.78, 5) is 24.9. The van der Waals surface area contributed by atoms with Gasteiger partial charge < -0.3 is 25.6 Å². The molecule has 35 heavy (non-hydrogen) atoms. The molecule has 1 aliphatic heterocycles. The third-order valence-corrected chi connectivity index (χ3v) is 6.54. The van der Waals surface area contributed by atoms with Crippen molar-refractivity contribution in [3.05, 3.63) is 88.4 Å². The van der Waals surface area contributed by atoms with Crippen molar-refractivity contribution in [2.45, 2.75) is 0 Å². The van der Waals surface area contributed by atoms with Gasteiger partial charge >= 0.3 is 0 Å². The average Bonchev–Trinajstić information content (AvgIpc) is 3.18. The van der Waals surface area contributed by atoms with Crippen molar-refractivity contribution >= 4 is 45.5 Å². The zero-order valence-corrected chi connectivity index (χ0v) is 20.1. The third-order valence-electron chi connectivity index (χ3n) is 6.31. The number of H-pyrrole nitrogens is 1. The molecule has 0 unspecified atom stereocenters. The fourth-order valence-corrected chi connectivity index (χ4v) is 4.47. The van der Waals surface area contributed by atoms with E-state index in [1.165, 1.54) is 0 Å². The number of aliphatic imine (C=N–C) groups is 1. The van der Waals surface area contributed by atoms with Gasteiger partial charge in [0.15, 0.2) is 5.88 Å². The molecule has 178 valence electrons. The van der Waals surface area contributed by atoms with Gasteiger partial charge in [0.1, 0.15) is 0 Å². The molecule has 0 aliphatic carbocycles. The first-order valence-corrected chi connectivity index (χ1v) is 11.8. The van der Waals surface area contributed by atoms with Crippen LogP contribution in [-0.4, -0.2) is 64.7 Å². The Hall–Kier alpha value is -3.81. The van der Waals surface area contributed by atoms with Crippen LogP contribution in [0, 0.1) is 0 Å². The van der Waals surface area contributed by atoms with Crippen molar-refractivity contribution in [1.82, 2.24) is 14.8 Å². The number of halogens is 1. The number of benzene rings is 3. The Morgan fingerprint density at radius 1 is 0.971 bits per heavy atom. The summed E-state index contributed by atoms with van der Waals surface area (Å²) in [5.41, 5.74) is 10.5. The Labute approximate surface area is 208 Å². The molecule has 1 aliphatic rings. The van der Waals surface area contributed by atoms with Crippen molar-refractivity contribution in [3.63, 3.8) is 0 Å². The van der Waals surface area contributed by atoms with Gasteiger partial charge in [-0.1, -0.05) is 29.8 Å². The van der Waals surface area contributed by atoms with E-state index in [4.69, 9.17) is 22.3 Å². The number of likely N-dealkylation sites (N-methyl/N-ethyl adjacent to an activating group) is 1. The monoisotopic (exact) mass is 487 g/mol. The molecular weight excluding hydrogens is 462 g/mol. The van der Waals surface area contributed by atoms with Crippen LogP contribution >= 0.6 is 11.6 Å². The Bertz CT molecular complexity index is 1400. The van der Waals surface area contributed by atoms with Gasteiger partial charge in [-0.05, 0) is 55.6 Å². The molecule has 0 radical (unpaired) electrons. The molecule has 0 bridgehead atoms. The van der Waals surface area contributed by atoms with E-state index in [-0.39, 0.29) is 11.8 Å². The zero-order chi connectivity index (χ0) is 24.5. The lowest BCUT2D eigenvalue weighted by Crippen LogP contribution is -2.47. The van der Waals surface area contributed by atoms with Gasteiger partial charge in [0, 0.05) is 53.4 Å². The van der Waals surface area contributed by atoms with Gasteiger partial charge in [-0.15, -0.1) is 0 Å². The van der Waals surface area contributed by atoms with Gasteiger partial charge in [0.05, 0.1) is 22.5 Å². The summed E-state index contributed by atoms with van der Waals surface area (Å²) in [6.45, 7) is 3.19. The first-order valence-electron chi connectivity index (χ1n) is 11.4. The number of carbonyl (C=O) groups excluding carboxylic acids is 1. The molecule has 8 heteroatoms. The van der Waals surface area contributed by atoms with E-state index in [1.807, 2.05) is 35.2 Å². The van der Waals surface area contributed by atoms with Gasteiger partial charge in [-0.25, -0.2) is 4.99 Å². The maximum Gasteiger partial charge on any atom is 0.253 e. The number of nitrogens with one attached hydrogen (secondary N) is 1. The summed E-state index contributed by atoms with van der Waals surface area (Å²) in [6, 6.07) is 20.0. The largest absolute Gasteiger partial charge is 0.494 e. The number of anilines is 1. The Kier molecular flexibility index (Phi) is 6.19. The van der Waals surface area contributed by atoms with E-state index in [1.54, 1.807) is 36.4 Å². The number of aromatic hydroxyl groups is 1. The predicted molar refractivity (Wildman–Crippen MR) is 141 cm³/mol. The Morgan fingerprint density at radius 3 is 2.31 bits per heavy atom. The van der Waals surface area contributed by atoms with Crippen molar-refractivity contribution < 1.29 is 9.90 Å². The summed E-state index contributed by atoms with van der Waals surface area (Å²) in [6.07, 6.45) is 0. The maximum atomic E-state index is 12.9. The van der Waals surface area contributed by atoms with Crippen LogP contribution in [0.3, 0.4) is 0 Å². The lowest BCUT2D eigenvalue weighted by molar-refractivity contribution is 0.0664. The molecule has 0 atom stereocenters. The maximum absolute atomic E-state index is 12.9. The molecule has 2 heterocycles. The van der Waals surface area contributed by atoms with Gasteiger partial charge in [-0.3, -0.25) is 4.79 Å². The molecule has 7 nitrogen and oxygen atoms in total. The first kappa shape index (κ1) is 23.0. The minimum atomic E-state index is -0.000272. The smallest absolute Gasteiger partial charge is 0.253 e. The van der Waals surface area contributed by atoms with Crippen molar-refractivity contribution in [2.75, 3.05) is 39.0 Å². The molecule has 4 aromatic rings. The normalized spacial score (nSPS) is 15.0. The minimum absolute atomic E-state index is 0.000272. The summed E-state index contributed by atoms with van der Waals surface area (Å²) < 4.78 is 0. The fourth-order valence-electron chi connectivity index (χ4n) is 4.30. The number of nitrogens with zero attached hydrogens (tertiary/aromatic N) is 3. The molecule has 0 spiro atoms. The molecule has 1 fully saturated rings. The number of carbonyl (C=O) groups is 1. The van der Waals surface area contributed by atoms with Gasteiger partial charge in [0.2, 0.25) is 0 Å². The number of amides is 1. The zero-order valence-electron chi connectivity index (χ0n) is 19.3. The highest BCUT2D eigenvalue weighted by molar-refractivity contribution is 6.31. The lowest BCUT2D eigenvalue weighted by Gasteiger charge is -2.32. The number of aromatic amines is 1. The lowest BCUT2D eigenvalue weighted by atomic mass is 10.0. The van der Waals surface area contributed by atoms with E-state index in [2.05, 4.69) is 16.9 Å². The van der Waals surface area contributed by atoms with E-state index in [0.29, 0.717) is 38.8 Å². The molecule has 0 saturated carbocycles. The Morgan fingerprint density at radius 2 is 1.63 bits per heavy atom. The molecule has 1 saturated heterocycles. The number of aromatic nitrogens is 1. The number of nitrogens with two attached hydrogens (primary N) is 1. The number of nitrogen functional groups attached to an aromatic ring is 1. The number of hydrogen-bond donors (Lipinski definition) is 3. The molecular formula is C27H26ClN5O2. The average molecular weight is 488 g/mol. The standard InChI is InChI=1S/C27H26ClN5O2/c1-32-12-14-33(15-13-32)27(35)18-4-9-21(10-5-18)30-25(17-2-7-20(29)8-3-17)24-22-11-6-19(28)16-23(22)31-26(24)34/h2-11,16,31,34H,12-15,29H2,1H3. The van der Waals surface area contributed by atoms with Crippen molar-refractivity contribution in [1.29, 1.82) is 0 Å². The quantitative estimate of drug-likeness (QED) is 0.288. The highest BCUT2D eigenvalue weighted by Gasteiger charge is 2.21. The van der Waals surface area contributed by atoms with Crippen LogP contribution < -0.4 is 5.73 Å². The summed E-state index contributed by atoms with van der Waals surface area (Å²) in [5.74, 6) is 0.0262. The van der Waals surface area contributed by atoms with Crippen LogP contribution in [0.25, 0.3) is 10.9 Å². The number of fused-ring (bicyclic) bond motifs is 1. The fraction of sp³-hybridized carbons (Fsp3) is 0.185. The SMILES string of the molecule is CN1CCN(C(=O)c2ccc(N=C(c3ccc(N)cc3)c3c(O)[nH]c4cc(Cl)ccc34)cc2)CC1. The molecule has 3 aromatic carbocycles. The Balaban J connectivity index is 1.53. The predicted octanol–water partition coefficient (Wildman–Crippen LogP) is 4.67. The third kappa shape index (κ3) is 4.73. The van der Waals surface area contributed by atoms with Gasteiger partial charge in [-0.2, -0.15) is 0 Å². The molecule has 5 rings (SSSR count). The van der Waals surface area contributed by atoms with Gasteiger partial charge in [0.25, 0.3) is 5.91 Å². The highest BCUT2D eigenvalue weighted by Crippen LogP contribution is 2.33. The van der Waals surface area contributed by atoms with E-state index in [9.17, 15) is 9.90 Å². The second-order valence-corrected chi connectivity index (χ2v) is 9.20. The van der Waals surface area contributed by atoms with E-state index < -0.39 is 0 Å². The van der Waals surface area contributed by atoms with Crippen LogP contribution in [0.5, 0.6) is 5.88 Å². The number of piperazine rings is 1. The second kappa shape index (κ2) is 9.44. The first-order chi connectivity index (χ1) is 16.9. The van der Waals surface area contributed by atoms with Crippen LogP contribution in [0.15, 0.2) is 71.7 Å². The van der Waals surface area contributed by atoms with E-state index in [0.717, 1.165) is 37.1 Å². The highest BCUT2D eigenvalue weighted by atomic mass is 35.5. The topological polar surface area (TPSA) is 97.9 Å². The van der Waals surface area contributed by atoms with Crippen LogP contribution in [0.4, 0.5) is 11.4 Å². The van der Waals surface area contributed by atoms with Crippen molar-refractivity contribution in [2.24, 2.45) is 4.99 Å². The molecule has 4 N–H and O–H groups in total. The van der Waals surface area contributed by atoms with Crippen molar-refractivity contribution in [3.8, 4) is 5.88 Å². The molecule has 1 aromatic heterocycles. The summed E-state index contributed by atoms with van der Waals surface area (Å²) in [7, 11) is 2.06. The second-order valence-electron chi connectivity index (χ2n) is 8.76. The summed E-state index contributed by atoms with van der Waals surface area (Å²) in [5, 5.41) is 12.2. The summed E-state index contributed by atoms with van der Waals surface area (Å²) >= 11 is 6.15. The van der Waals surface area contributed by atoms with Crippen LogP contribution in [0.2, 0.25) is 5.02 Å².